The van der Waals surface area contributed by atoms with Gasteiger partial charge in [-0.05, 0) is 26.5 Å². The van der Waals surface area contributed by atoms with Gasteiger partial charge in [0, 0.05) is 25.2 Å². The van der Waals surface area contributed by atoms with Crippen LogP contribution in [0, 0.1) is 0 Å². The summed E-state index contributed by atoms with van der Waals surface area (Å²) in [6, 6.07) is 2.41. The molecular formula is C11H21N3O. The van der Waals surface area contributed by atoms with Crippen LogP contribution in [0.1, 0.15) is 32.0 Å². The molecule has 0 amide bonds. The Morgan fingerprint density at radius 3 is 2.93 bits per heavy atom. The van der Waals surface area contributed by atoms with Crippen molar-refractivity contribution in [3.63, 3.8) is 0 Å². The van der Waals surface area contributed by atoms with Crippen LogP contribution in [0.5, 0.6) is 0 Å². The summed E-state index contributed by atoms with van der Waals surface area (Å²) in [5.41, 5.74) is 0.957. The van der Waals surface area contributed by atoms with Gasteiger partial charge >= 0.3 is 0 Å². The second-order valence-corrected chi connectivity index (χ2v) is 3.96. The largest absolute Gasteiger partial charge is 0.391 e. The van der Waals surface area contributed by atoms with Gasteiger partial charge in [0.2, 0.25) is 0 Å². The molecule has 0 radical (unpaired) electrons. The van der Waals surface area contributed by atoms with Crippen LogP contribution in [0.4, 0.5) is 0 Å². The Bertz CT molecular complexity index is 285. The van der Waals surface area contributed by atoms with Crippen molar-refractivity contribution in [2.45, 2.75) is 38.8 Å². The van der Waals surface area contributed by atoms with Gasteiger partial charge in [-0.3, -0.25) is 4.68 Å². The maximum atomic E-state index is 9.60. The molecule has 0 aliphatic carbocycles. The second kappa shape index (κ2) is 5.88. The topological polar surface area (TPSA) is 50.1 Å². The first-order chi connectivity index (χ1) is 7.17. The van der Waals surface area contributed by atoms with E-state index in [9.17, 15) is 5.11 Å². The average molecular weight is 211 g/mol. The molecule has 15 heavy (non-hydrogen) atoms. The summed E-state index contributed by atoms with van der Waals surface area (Å²) in [5, 5.41) is 17.0. The zero-order valence-electron chi connectivity index (χ0n) is 9.77. The third kappa shape index (κ3) is 3.64. The van der Waals surface area contributed by atoms with E-state index in [4.69, 9.17) is 0 Å². The lowest BCUT2D eigenvalue weighted by Gasteiger charge is -2.09. The minimum absolute atomic E-state index is 0.352. The highest BCUT2D eigenvalue weighted by Crippen LogP contribution is 2.10. The molecule has 1 rings (SSSR count). The van der Waals surface area contributed by atoms with Gasteiger partial charge in [-0.1, -0.05) is 6.92 Å². The highest BCUT2D eigenvalue weighted by Gasteiger charge is 2.08. The minimum Gasteiger partial charge on any atom is -0.391 e. The molecule has 0 aromatic carbocycles. The molecule has 4 nitrogen and oxygen atoms in total. The molecule has 2 unspecified atom stereocenters. The van der Waals surface area contributed by atoms with E-state index < -0.39 is 0 Å². The lowest BCUT2D eigenvalue weighted by Crippen LogP contribution is -2.25. The quantitative estimate of drug-likeness (QED) is 0.737. The summed E-state index contributed by atoms with van der Waals surface area (Å²) in [4.78, 5) is 0. The predicted molar refractivity (Wildman–Crippen MR) is 60.9 cm³/mol. The molecule has 0 aliphatic rings. The molecule has 0 bridgehead atoms. The van der Waals surface area contributed by atoms with E-state index >= 15 is 0 Å². The molecule has 0 spiro atoms. The molecule has 1 aromatic heterocycles. The molecule has 0 saturated heterocycles. The van der Waals surface area contributed by atoms with Gasteiger partial charge in [-0.2, -0.15) is 5.10 Å². The fraction of sp³-hybridized carbons (Fsp3) is 0.727. The number of nitrogens with zero attached hydrogens (tertiary/aromatic N) is 2. The normalized spacial score (nSPS) is 15.2. The third-order valence-electron chi connectivity index (χ3n) is 2.59. The SMILES string of the molecule is CCC(C)n1ccc(CC(O)CNC)n1. The van der Waals surface area contributed by atoms with E-state index in [1.54, 1.807) is 0 Å². The van der Waals surface area contributed by atoms with Crippen LogP contribution in [-0.2, 0) is 6.42 Å². The average Bonchev–Trinajstić information content (AvgIpc) is 2.65. The van der Waals surface area contributed by atoms with Gasteiger partial charge in [0.25, 0.3) is 0 Å². The van der Waals surface area contributed by atoms with Gasteiger partial charge in [0.05, 0.1) is 11.8 Å². The zero-order chi connectivity index (χ0) is 11.3. The Labute approximate surface area is 91.3 Å². The third-order valence-corrected chi connectivity index (χ3v) is 2.59. The fourth-order valence-corrected chi connectivity index (χ4v) is 1.47. The Kier molecular flexibility index (Phi) is 4.78. The molecule has 4 heteroatoms. The highest BCUT2D eigenvalue weighted by atomic mass is 16.3. The summed E-state index contributed by atoms with van der Waals surface area (Å²) in [5.74, 6) is 0. The molecule has 0 aliphatic heterocycles. The fourth-order valence-electron chi connectivity index (χ4n) is 1.47. The standard InChI is InChI=1S/C11H21N3O/c1-4-9(2)14-6-5-10(13-14)7-11(15)8-12-3/h5-6,9,11-12,15H,4,7-8H2,1-3H3. The van der Waals surface area contributed by atoms with Crippen molar-refractivity contribution in [1.29, 1.82) is 0 Å². The molecule has 86 valence electrons. The van der Waals surface area contributed by atoms with Crippen molar-refractivity contribution in [3.05, 3.63) is 18.0 Å². The van der Waals surface area contributed by atoms with Crippen molar-refractivity contribution in [1.82, 2.24) is 15.1 Å². The van der Waals surface area contributed by atoms with Gasteiger partial charge in [-0.25, -0.2) is 0 Å². The summed E-state index contributed by atoms with van der Waals surface area (Å²) < 4.78 is 1.96. The highest BCUT2D eigenvalue weighted by molar-refractivity contribution is 5.01. The van der Waals surface area contributed by atoms with Crippen LogP contribution in [0.25, 0.3) is 0 Å². The van der Waals surface area contributed by atoms with Crippen molar-refractivity contribution in [3.8, 4) is 0 Å². The molecule has 2 atom stereocenters. The van der Waals surface area contributed by atoms with E-state index in [1.165, 1.54) is 0 Å². The monoisotopic (exact) mass is 211 g/mol. The van der Waals surface area contributed by atoms with E-state index in [0.29, 0.717) is 19.0 Å². The number of nitrogens with one attached hydrogen (secondary N) is 1. The van der Waals surface area contributed by atoms with E-state index in [2.05, 4.69) is 24.3 Å². The molecule has 1 heterocycles. The van der Waals surface area contributed by atoms with Crippen LogP contribution in [0.3, 0.4) is 0 Å². The molecule has 0 saturated carbocycles. The summed E-state index contributed by atoms with van der Waals surface area (Å²) in [6.07, 6.45) is 3.32. The molecule has 2 N–H and O–H groups in total. The lowest BCUT2D eigenvalue weighted by molar-refractivity contribution is 0.173. The van der Waals surface area contributed by atoms with Crippen LogP contribution >= 0.6 is 0 Å². The first kappa shape index (κ1) is 12.2. The number of aliphatic hydroxyl groups is 1. The summed E-state index contributed by atoms with van der Waals surface area (Å²) in [7, 11) is 1.83. The summed E-state index contributed by atoms with van der Waals surface area (Å²) >= 11 is 0. The number of hydrogen-bond acceptors (Lipinski definition) is 3. The van der Waals surface area contributed by atoms with E-state index in [1.807, 2.05) is 24.0 Å². The number of hydrogen-bond donors (Lipinski definition) is 2. The van der Waals surface area contributed by atoms with Gasteiger partial charge in [0.1, 0.15) is 0 Å². The van der Waals surface area contributed by atoms with Crippen molar-refractivity contribution >= 4 is 0 Å². The van der Waals surface area contributed by atoms with Crippen LogP contribution < -0.4 is 5.32 Å². The summed E-state index contributed by atoms with van der Waals surface area (Å²) in [6.45, 7) is 4.89. The molecule has 1 aromatic rings. The maximum absolute atomic E-state index is 9.60. The number of aromatic nitrogens is 2. The lowest BCUT2D eigenvalue weighted by atomic mass is 10.2. The van der Waals surface area contributed by atoms with E-state index in [-0.39, 0.29) is 6.10 Å². The Morgan fingerprint density at radius 1 is 1.60 bits per heavy atom. The number of rotatable bonds is 6. The zero-order valence-corrected chi connectivity index (χ0v) is 9.77. The van der Waals surface area contributed by atoms with Crippen molar-refractivity contribution < 1.29 is 5.11 Å². The number of likely N-dealkylation sites (N-methyl/N-ethyl adjacent to an activating group) is 1. The Balaban J connectivity index is 2.52. The predicted octanol–water partition coefficient (Wildman–Crippen LogP) is 0.977. The van der Waals surface area contributed by atoms with Crippen LogP contribution in [0.2, 0.25) is 0 Å². The van der Waals surface area contributed by atoms with Crippen LogP contribution in [0.15, 0.2) is 12.3 Å². The minimum atomic E-state index is -0.352. The van der Waals surface area contributed by atoms with Gasteiger partial charge < -0.3 is 10.4 Å². The Hall–Kier alpha value is -0.870. The first-order valence-corrected chi connectivity index (χ1v) is 5.54. The maximum Gasteiger partial charge on any atom is 0.0720 e. The van der Waals surface area contributed by atoms with Crippen LogP contribution in [-0.4, -0.2) is 34.6 Å². The van der Waals surface area contributed by atoms with Crippen molar-refractivity contribution in [2.24, 2.45) is 0 Å². The molecule has 0 fully saturated rings. The first-order valence-electron chi connectivity index (χ1n) is 5.54. The van der Waals surface area contributed by atoms with E-state index in [0.717, 1.165) is 12.1 Å². The van der Waals surface area contributed by atoms with Gasteiger partial charge in [0.15, 0.2) is 0 Å². The molecular weight excluding hydrogens is 190 g/mol. The second-order valence-electron chi connectivity index (χ2n) is 3.96. The van der Waals surface area contributed by atoms with Crippen molar-refractivity contribution in [2.75, 3.05) is 13.6 Å². The number of aliphatic hydroxyl groups excluding tert-OH is 1. The smallest absolute Gasteiger partial charge is 0.0720 e. The Morgan fingerprint density at radius 2 is 2.33 bits per heavy atom. The van der Waals surface area contributed by atoms with Gasteiger partial charge in [-0.15, -0.1) is 0 Å².